The van der Waals surface area contributed by atoms with Crippen LogP contribution in [-0.4, -0.2) is 25.4 Å². The number of rotatable bonds is 5. The number of hydrogen-bond donors (Lipinski definition) is 2. The summed E-state index contributed by atoms with van der Waals surface area (Å²) >= 11 is 0. The number of sulfonamides is 1. The number of fused-ring (bicyclic) bond motifs is 1. The molecule has 1 aromatic heterocycles. The normalized spacial score (nSPS) is 11.9. The van der Waals surface area contributed by atoms with Gasteiger partial charge in [0.15, 0.2) is 5.78 Å². The zero-order chi connectivity index (χ0) is 18.7. The summed E-state index contributed by atoms with van der Waals surface area (Å²) in [6.45, 7) is 7.34. The van der Waals surface area contributed by atoms with Crippen molar-refractivity contribution < 1.29 is 13.2 Å². The summed E-state index contributed by atoms with van der Waals surface area (Å²) < 4.78 is 24.8. The number of anilines is 1. The minimum absolute atomic E-state index is 0.0152. The Hall–Kier alpha value is -3.37. The van der Waals surface area contributed by atoms with Crippen LogP contribution in [0.1, 0.15) is 15.9 Å². The van der Waals surface area contributed by atoms with Gasteiger partial charge in [-0.05, 0) is 29.8 Å². The van der Waals surface area contributed by atoms with E-state index in [0.29, 0.717) is 11.3 Å². The zero-order valence-corrected chi connectivity index (χ0v) is 14.7. The van der Waals surface area contributed by atoms with Gasteiger partial charge < -0.3 is 9.78 Å². The number of aromatic nitrogens is 1. The molecule has 3 rings (SSSR count). The first-order valence-corrected chi connectivity index (χ1v) is 9.54. The molecule has 0 saturated carbocycles. The first-order valence-electron chi connectivity index (χ1n) is 7.65. The highest BCUT2D eigenvalue weighted by atomic mass is 32.2. The van der Waals surface area contributed by atoms with Crippen molar-refractivity contribution in [1.29, 1.82) is 0 Å². The summed E-state index contributed by atoms with van der Waals surface area (Å²) in [4.78, 5) is 19.1. The number of nitrogens with one attached hydrogen (secondary N) is 2. The molecule has 0 aliphatic rings. The lowest BCUT2D eigenvalue weighted by Gasteiger charge is -2.05. The van der Waals surface area contributed by atoms with Gasteiger partial charge in [0.05, 0.1) is 12.8 Å². The number of Topliss-reactive ketones (excluding diaryl/α,β-unsaturated/α-hetero) is 1. The highest BCUT2D eigenvalue weighted by Gasteiger charge is 2.14. The van der Waals surface area contributed by atoms with E-state index >= 15 is 0 Å². The van der Waals surface area contributed by atoms with Gasteiger partial charge in [-0.2, -0.15) is 0 Å². The van der Waals surface area contributed by atoms with Crippen molar-refractivity contribution in [3.8, 4) is 0 Å². The molecule has 2 aromatic carbocycles. The first-order chi connectivity index (χ1) is 12.4. The molecule has 1 heterocycles. The van der Waals surface area contributed by atoms with Gasteiger partial charge in [-0.25, -0.2) is 13.3 Å². The van der Waals surface area contributed by atoms with E-state index in [1.807, 2.05) is 24.3 Å². The quantitative estimate of drug-likeness (QED) is 0.411. The molecule has 0 fully saturated rings. The summed E-state index contributed by atoms with van der Waals surface area (Å²) in [7, 11) is -3.38. The third kappa shape index (κ3) is 3.82. The van der Waals surface area contributed by atoms with Crippen LogP contribution >= 0.6 is 0 Å². The maximum atomic E-state index is 12.6. The van der Waals surface area contributed by atoms with Crippen LogP contribution in [0.5, 0.6) is 0 Å². The third-order valence-corrected chi connectivity index (χ3v) is 4.32. The highest BCUT2D eigenvalue weighted by molar-refractivity contribution is 7.92. The van der Waals surface area contributed by atoms with Gasteiger partial charge >= 0.3 is 0 Å². The molecule has 7 heteroatoms. The Morgan fingerprint density at radius 2 is 1.85 bits per heavy atom. The molecule has 0 aliphatic heterocycles. The number of carbonyl (C=O) groups is 1. The van der Waals surface area contributed by atoms with Crippen molar-refractivity contribution in [2.24, 2.45) is 0 Å². The molecule has 26 heavy (non-hydrogen) atoms. The number of hydrogen-bond acceptors (Lipinski definition) is 3. The van der Waals surface area contributed by atoms with Crippen molar-refractivity contribution in [2.45, 2.75) is 0 Å². The lowest BCUT2D eigenvalue weighted by Crippen LogP contribution is -2.09. The number of carbonyl (C=O) groups excluding carboxylic acids is 1. The largest absolute Gasteiger partial charge is 0.361 e. The standard InChI is InChI=1S/C19H15N3O3S/c1-20-18(11-14-12-21-17-6-4-3-5-16(14)17)19(23)13-7-9-15(10-8-13)22-26(2,24)25/h3-12,21-22H,2H3/b18-11-. The maximum absolute atomic E-state index is 12.6. The molecule has 0 bridgehead atoms. The van der Waals surface area contributed by atoms with Crippen molar-refractivity contribution in [1.82, 2.24) is 4.98 Å². The third-order valence-electron chi connectivity index (χ3n) is 3.72. The molecule has 2 N–H and O–H groups in total. The molecule has 0 spiro atoms. The SMILES string of the molecule is [C-]#[N+]/C(=C\c1c[nH]c2ccccc12)C(=O)c1ccc(NS(C)(=O)=O)cc1. The van der Waals surface area contributed by atoms with Crippen molar-refractivity contribution in [3.05, 3.63) is 83.0 Å². The maximum Gasteiger partial charge on any atom is 0.234 e. The zero-order valence-electron chi connectivity index (χ0n) is 13.9. The van der Waals surface area contributed by atoms with Crippen LogP contribution in [0.4, 0.5) is 5.69 Å². The summed E-state index contributed by atoms with van der Waals surface area (Å²) in [5.74, 6) is -0.420. The summed E-state index contributed by atoms with van der Waals surface area (Å²) in [5.41, 5.74) is 2.33. The van der Waals surface area contributed by atoms with Crippen LogP contribution in [0.2, 0.25) is 0 Å². The van der Waals surface area contributed by atoms with E-state index in [1.54, 1.807) is 12.3 Å². The van der Waals surface area contributed by atoms with E-state index < -0.39 is 15.8 Å². The average molecular weight is 365 g/mol. The number of para-hydroxylation sites is 1. The average Bonchev–Trinajstić information content (AvgIpc) is 3.01. The fourth-order valence-electron chi connectivity index (χ4n) is 2.56. The van der Waals surface area contributed by atoms with Crippen LogP contribution < -0.4 is 4.72 Å². The molecule has 0 saturated heterocycles. The predicted octanol–water partition coefficient (Wildman–Crippen LogP) is 3.68. The smallest absolute Gasteiger partial charge is 0.234 e. The number of allylic oxidation sites excluding steroid dienone is 1. The Morgan fingerprint density at radius 1 is 1.15 bits per heavy atom. The van der Waals surface area contributed by atoms with Gasteiger partial charge in [0, 0.05) is 28.4 Å². The highest BCUT2D eigenvalue weighted by Crippen LogP contribution is 2.22. The second kappa shape index (κ2) is 6.86. The Kier molecular flexibility index (Phi) is 4.61. The van der Waals surface area contributed by atoms with Crippen molar-refractivity contribution >= 4 is 38.5 Å². The molecular formula is C19H15N3O3S. The number of benzene rings is 2. The van der Waals surface area contributed by atoms with Gasteiger partial charge in [0.1, 0.15) is 0 Å². The van der Waals surface area contributed by atoms with Gasteiger partial charge in [0.25, 0.3) is 0 Å². The van der Waals surface area contributed by atoms with E-state index in [1.165, 1.54) is 24.3 Å². The lowest BCUT2D eigenvalue weighted by atomic mass is 10.1. The van der Waals surface area contributed by atoms with E-state index in [-0.39, 0.29) is 5.70 Å². The van der Waals surface area contributed by atoms with Crippen molar-refractivity contribution in [3.63, 3.8) is 0 Å². The van der Waals surface area contributed by atoms with Crippen LogP contribution in [0.15, 0.2) is 60.4 Å². The fourth-order valence-corrected chi connectivity index (χ4v) is 3.13. The fraction of sp³-hybridized carbons (Fsp3) is 0.0526. The number of ketones is 1. The Labute approximate surface area is 151 Å². The summed E-state index contributed by atoms with van der Waals surface area (Å²) in [5, 5.41) is 0.925. The van der Waals surface area contributed by atoms with Crippen LogP contribution in [0.25, 0.3) is 21.8 Å². The Morgan fingerprint density at radius 3 is 2.50 bits per heavy atom. The monoisotopic (exact) mass is 365 g/mol. The van der Waals surface area contributed by atoms with E-state index in [0.717, 1.165) is 22.7 Å². The first kappa shape index (κ1) is 17.5. The molecule has 6 nitrogen and oxygen atoms in total. The Balaban J connectivity index is 1.91. The van der Waals surface area contributed by atoms with Crippen LogP contribution in [0, 0.1) is 6.57 Å². The minimum Gasteiger partial charge on any atom is -0.361 e. The van der Waals surface area contributed by atoms with Gasteiger partial charge in [-0.3, -0.25) is 4.72 Å². The lowest BCUT2D eigenvalue weighted by molar-refractivity contribution is 0.103. The van der Waals surface area contributed by atoms with Crippen LogP contribution in [0.3, 0.4) is 0 Å². The minimum atomic E-state index is -3.38. The number of aromatic amines is 1. The summed E-state index contributed by atoms with van der Waals surface area (Å²) in [6.07, 6.45) is 4.35. The topological polar surface area (TPSA) is 83.4 Å². The molecule has 0 aliphatic carbocycles. The van der Waals surface area contributed by atoms with E-state index in [4.69, 9.17) is 6.57 Å². The number of H-pyrrole nitrogens is 1. The van der Waals surface area contributed by atoms with Crippen molar-refractivity contribution in [2.75, 3.05) is 11.0 Å². The van der Waals surface area contributed by atoms with Gasteiger partial charge in [-0.1, -0.05) is 30.3 Å². The predicted molar refractivity (Wildman–Crippen MR) is 102 cm³/mol. The van der Waals surface area contributed by atoms with E-state index in [2.05, 4.69) is 14.6 Å². The van der Waals surface area contributed by atoms with E-state index in [9.17, 15) is 13.2 Å². The Bertz CT molecular complexity index is 1150. The molecule has 0 unspecified atom stereocenters. The molecule has 0 radical (unpaired) electrons. The number of nitrogens with zero attached hydrogens (tertiary/aromatic N) is 1. The van der Waals surface area contributed by atoms with Gasteiger partial charge in [0.2, 0.25) is 15.7 Å². The molecular weight excluding hydrogens is 350 g/mol. The second-order valence-electron chi connectivity index (χ2n) is 5.71. The molecule has 130 valence electrons. The molecule has 0 atom stereocenters. The van der Waals surface area contributed by atoms with Crippen LogP contribution in [-0.2, 0) is 10.0 Å². The second-order valence-corrected chi connectivity index (χ2v) is 7.46. The van der Waals surface area contributed by atoms with Gasteiger partial charge in [-0.15, -0.1) is 0 Å². The molecule has 3 aromatic rings. The molecule has 0 amide bonds. The summed E-state index contributed by atoms with van der Waals surface area (Å²) in [6, 6.07) is 13.6.